The zero-order chi connectivity index (χ0) is 10.8. The minimum Gasteiger partial charge on any atom is -0.507 e. The summed E-state index contributed by atoms with van der Waals surface area (Å²) in [6.45, 7) is 3.96. The molecule has 0 saturated heterocycles. The van der Waals surface area contributed by atoms with Crippen LogP contribution in [0, 0.1) is 0 Å². The zero-order valence-electron chi connectivity index (χ0n) is 8.87. The number of phenolic OH excluding ortho intramolecular Hbond substituents is 1. The van der Waals surface area contributed by atoms with Crippen molar-refractivity contribution in [1.29, 1.82) is 0 Å². The first-order valence-electron chi connectivity index (χ1n) is 4.57. The van der Waals surface area contributed by atoms with Gasteiger partial charge >= 0.3 is 0 Å². The number of nitrogens with two attached hydrogens (primary N) is 1. The van der Waals surface area contributed by atoms with Crippen LogP contribution in [0.2, 0.25) is 0 Å². The van der Waals surface area contributed by atoms with Crippen LogP contribution in [0.4, 0.5) is 0 Å². The highest BCUT2D eigenvalue weighted by Crippen LogP contribution is 2.28. The van der Waals surface area contributed by atoms with Crippen molar-refractivity contribution < 1.29 is 5.11 Å². The Hall–Kier alpha value is -0.670. The summed E-state index contributed by atoms with van der Waals surface area (Å²) < 4.78 is 0. The average Bonchev–Trinajstić information content (AvgIpc) is 2.01. The van der Waals surface area contributed by atoms with E-state index in [1.807, 2.05) is 32.2 Å². The molecule has 0 fully saturated rings. The Labute approximate surface area is 89.5 Å². The van der Waals surface area contributed by atoms with Crippen molar-refractivity contribution in [2.24, 2.45) is 5.73 Å². The van der Waals surface area contributed by atoms with E-state index >= 15 is 0 Å². The molecule has 1 aromatic rings. The predicted molar refractivity (Wildman–Crippen MR) is 61.9 cm³/mol. The third-order valence-electron chi connectivity index (χ3n) is 1.90. The van der Waals surface area contributed by atoms with Crippen LogP contribution in [0.3, 0.4) is 0 Å². The van der Waals surface area contributed by atoms with Gasteiger partial charge in [-0.05, 0) is 44.2 Å². The molecule has 2 nitrogen and oxygen atoms in total. The van der Waals surface area contributed by atoms with Gasteiger partial charge in [0.1, 0.15) is 5.75 Å². The molecule has 0 aliphatic heterocycles. The molecule has 3 N–H and O–H groups in total. The summed E-state index contributed by atoms with van der Waals surface area (Å²) in [6.07, 6.45) is 2.72. The van der Waals surface area contributed by atoms with Gasteiger partial charge in [-0.15, -0.1) is 11.8 Å². The molecular formula is C11H17NOS. The van der Waals surface area contributed by atoms with E-state index in [1.165, 1.54) is 0 Å². The summed E-state index contributed by atoms with van der Waals surface area (Å²) in [5.74, 6) is 0.347. The molecule has 0 atom stereocenters. The largest absolute Gasteiger partial charge is 0.507 e. The van der Waals surface area contributed by atoms with Crippen LogP contribution in [-0.2, 0) is 6.42 Å². The molecule has 0 heterocycles. The quantitative estimate of drug-likeness (QED) is 0.755. The molecule has 0 aliphatic rings. The highest BCUT2D eigenvalue weighted by atomic mass is 32.2. The molecule has 0 amide bonds. The molecule has 0 aliphatic carbocycles. The molecule has 0 bridgehead atoms. The van der Waals surface area contributed by atoms with E-state index in [4.69, 9.17) is 5.73 Å². The van der Waals surface area contributed by atoms with Gasteiger partial charge in [0.25, 0.3) is 0 Å². The van der Waals surface area contributed by atoms with Crippen molar-refractivity contribution in [3.05, 3.63) is 23.8 Å². The maximum atomic E-state index is 9.63. The van der Waals surface area contributed by atoms with Gasteiger partial charge in [-0.3, -0.25) is 0 Å². The van der Waals surface area contributed by atoms with Crippen LogP contribution in [0.15, 0.2) is 23.1 Å². The minimum atomic E-state index is -0.229. The van der Waals surface area contributed by atoms with Gasteiger partial charge in [-0.2, -0.15) is 0 Å². The van der Waals surface area contributed by atoms with E-state index in [1.54, 1.807) is 17.8 Å². The van der Waals surface area contributed by atoms with Gasteiger partial charge in [-0.1, -0.05) is 6.07 Å². The standard InChI is InChI=1S/C11H17NOS/c1-11(2,12)7-8-4-5-10(14-3)9(13)6-8/h4-6,13H,7,12H2,1-3H3. The molecule has 0 spiro atoms. The van der Waals surface area contributed by atoms with Gasteiger partial charge in [-0.25, -0.2) is 0 Å². The lowest BCUT2D eigenvalue weighted by atomic mass is 9.96. The maximum Gasteiger partial charge on any atom is 0.129 e. The van der Waals surface area contributed by atoms with Crippen LogP contribution in [0.25, 0.3) is 0 Å². The lowest BCUT2D eigenvalue weighted by Gasteiger charge is -2.18. The molecule has 78 valence electrons. The first-order chi connectivity index (χ1) is 6.42. The Morgan fingerprint density at radius 1 is 1.43 bits per heavy atom. The molecule has 0 radical (unpaired) electrons. The number of rotatable bonds is 3. The second-order valence-electron chi connectivity index (χ2n) is 4.17. The number of hydrogen-bond acceptors (Lipinski definition) is 3. The molecule has 0 unspecified atom stereocenters. The zero-order valence-corrected chi connectivity index (χ0v) is 9.69. The van der Waals surface area contributed by atoms with Crippen LogP contribution in [0.5, 0.6) is 5.75 Å². The molecule has 1 aromatic carbocycles. The Kier molecular flexibility index (Phi) is 3.45. The summed E-state index contributed by atoms with van der Waals surface area (Å²) in [4.78, 5) is 0.906. The SMILES string of the molecule is CSc1ccc(CC(C)(C)N)cc1O. The second-order valence-corrected chi connectivity index (χ2v) is 5.02. The Morgan fingerprint density at radius 2 is 2.07 bits per heavy atom. The van der Waals surface area contributed by atoms with E-state index < -0.39 is 0 Å². The van der Waals surface area contributed by atoms with Crippen molar-refractivity contribution in [3.8, 4) is 5.75 Å². The fourth-order valence-corrected chi connectivity index (χ4v) is 1.84. The van der Waals surface area contributed by atoms with Crippen molar-refractivity contribution in [2.45, 2.75) is 30.7 Å². The molecule has 1 rings (SSSR count). The van der Waals surface area contributed by atoms with Crippen LogP contribution >= 0.6 is 11.8 Å². The molecule has 0 saturated carbocycles. The van der Waals surface area contributed by atoms with Crippen molar-refractivity contribution in [3.63, 3.8) is 0 Å². The summed E-state index contributed by atoms with van der Waals surface area (Å²) in [5.41, 5.74) is 6.75. The van der Waals surface area contributed by atoms with E-state index in [9.17, 15) is 5.11 Å². The smallest absolute Gasteiger partial charge is 0.129 e. The summed E-state index contributed by atoms with van der Waals surface area (Å²) in [5, 5.41) is 9.63. The number of phenols is 1. The third kappa shape index (κ3) is 3.24. The number of benzene rings is 1. The number of hydrogen-bond donors (Lipinski definition) is 2. The summed E-state index contributed by atoms with van der Waals surface area (Å²) >= 11 is 1.54. The fraction of sp³-hybridized carbons (Fsp3) is 0.455. The normalized spacial score (nSPS) is 11.7. The van der Waals surface area contributed by atoms with Crippen molar-refractivity contribution >= 4 is 11.8 Å². The first kappa shape index (κ1) is 11.4. The van der Waals surface area contributed by atoms with E-state index in [2.05, 4.69) is 0 Å². The van der Waals surface area contributed by atoms with E-state index in [-0.39, 0.29) is 5.54 Å². The lowest BCUT2D eigenvalue weighted by Crippen LogP contribution is -2.34. The highest BCUT2D eigenvalue weighted by molar-refractivity contribution is 7.98. The molecular weight excluding hydrogens is 194 g/mol. The maximum absolute atomic E-state index is 9.63. The molecule has 0 aromatic heterocycles. The van der Waals surface area contributed by atoms with Crippen LogP contribution in [-0.4, -0.2) is 16.9 Å². The highest BCUT2D eigenvalue weighted by Gasteiger charge is 2.12. The van der Waals surface area contributed by atoms with E-state index in [0.717, 1.165) is 16.9 Å². The Bertz CT molecular complexity index is 318. The van der Waals surface area contributed by atoms with Gasteiger partial charge in [0.05, 0.1) is 0 Å². The van der Waals surface area contributed by atoms with Crippen LogP contribution < -0.4 is 5.73 Å². The van der Waals surface area contributed by atoms with Crippen molar-refractivity contribution in [2.75, 3.05) is 6.26 Å². The van der Waals surface area contributed by atoms with E-state index in [0.29, 0.717) is 5.75 Å². The van der Waals surface area contributed by atoms with Gasteiger partial charge in [0, 0.05) is 10.4 Å². The second kappa shape index (κ2) is 4.24. The van der Waals surface area contributed by atoms with Crippen molar-refractivity contribution in [1.82, 2.24) is 0 Å². The summed E-state index contributed by atoms with van der Waals surface area (Å²) in [6, 6.07) is 5.74. The van der Waals surface area contributed by atoms with Gasteiger partial charge in [0.2, 0.25) is 0 Å². The average molecular weight is 211 g/mol. The third-order valence-corrected chi connectivity index (χ3v) is 2.69. The Balaban J connectivity index is 2.87. The van der Waals surface area contributed by atoms with Crippen LogP contribution in [0.1, 0.15) is 19.4 Å². The fourth-order valence-electron chi connectivity index (χ4n) is 1.37. The summed E-state index contributed by atoms with van der Waals surface area (Å²) in [7, 11) is 0. The first-order valence-corrected chi connectivity index (χ1v) is 5.79. The minimum absolute atomic E-state index is 0.229. The van der Waals surface area contributed by atoms with Gasteiger partial charge in [0.15, 0.2) is 0 Å². The molecule has 3 heteroatoms. The predicted octanol–water partition coefficient (Wildman–Crippen LogP) is 2.39. The number of thioether (sulfide) groups is 1. The topological polar surface area (TPSA) is 46.2 Å². The lowest BCUT2D eigenvalue weighted by molar-refractivity contribution is 0.459. The number of aromatic hydroxyl groups is 1. The molecule has 14 heavy (non-hydrogen) atoms. The Morgan fingerprint density at radius 3 is 2.50 bits per heavy atom. The monoisotopic (exact) mass is 211 g/mol. The van der Waals surface area contributed by atoms with Gasteiger partial charge < -0.3 is 10.8 Å².